The number of aliphatic imine (C=N–C) groups is 1. The van der Waals surface area contributed by atoms with Crippen LogP contribution in [0.25, 0.3) is 0 Å². The fraction of sp³-hybridized carbons (Fsp3) is 0.529. The molecule has 0 saturated carbocycles. The predicted molar refractivity (Wildman–Crippen MR) is 107 cm³/mol. The quantitative estimate of drug-likeness (QED) is 0.280. The summed E-state index contributed by atoms with van der Waals surface area (Å²) in [5.41, 5.74) is 0.812. The molecule has 0 unspecified atom stereocenters. The van der Waals surface area contributed by atoms with Gasteiger partial charge in [-0.25, -0.2) is 4.99 Å². The van der Waals surface area contributed by atoms with Crippen molar-refractivity contribution in [3.63, 3.8) is 0 Å². The Hall–Kier alpha value is -1.31. The average Bonchev–Trinajstić information content (AvgIpc) is 2.48. The van der Waals surface area contributed by atoms with Crippen LogP contribution in [0.4, 0.5) is 0 Å². The normalized spacial score (nSPS) is 11.4. The SMILES string of the molecule is CCNC(=NCc1ccccc1)NCCNC(=O)C(C)(C)C.I. The van der Waals surface area contributed by atoms with Crippen LogP contribution in [0.15, 0.2) is 35.3 Å². The lowest BCUT2D eigenvalue weighted by Gasteiger charge is -2.18. The van der Waals surface area contributed by atoms with E-state index in [2.05, 4.69) is 33.1 Å². The first-order valence-electron chi connectivity index (χ1n) is 7.78. The Morgan fingerprint density at radius 1 is 1.04 bits per heavy atom. The van der Waals surface area contributed by atoms with Crippen molar-refractivity contribution in [3.05, 3.63) is 35.9 Å². The average molecular weight is 432 g/mol. The molecule has 0 heterocycles. The summed E-state index contributed by atoms with van der Waals surface area (Å²) in [6.45, 7) is 10.4. The third-order valence-electron chi connectivity index (χ3n) is 2.99. The Kier molecular flexibility index (Phi) is 10.6. The molecule has 0 aliphatic heterocycles. The molecule has 1 aromatic rings. The van der Waals surface area contributed by atoms with Gasteiger partial charge in [0.1, 0.15) is 0 Å². The number of nitrogens with zero attached hydrogens (tertiary/aromatic N) is 1. The van der Waals surface area contributed by atoms with Gasteiger partial charge >= 0.3 is 0 Å². The van der Waals surface area contributed by atoms with Crippen LogP contribution in [0, 0.1) is 5.41 Å². The van der Waals surface area contributed by atoms with Gasteiger partial charge in [-0.3, -0.25) is 4.79 Å². The third-order valence-corrected chi connectivity index (χ3v) is 2.99. The van der Waals surface area contributed by atoms with Crippen molar-refractivity contribution < 1.29 is 4.79 Å². The molecule has 130 valence electrons. The van der Waals surface area contributed by atoms with Gasteiger partial charge in [0.2, 0.25) is 5.91 Å². The first-order chi connectivity index (χ1) is 10.4. The Balaban J connectivity index is 0.00000484. The van der Waals surface area contributed by atoms with Crippen molar-refractivity contribution in [3.8, 4) is 0 Å². The Labute approximate surface area is 156 Å². The van der Waals surface area contributed by atoms with E-state index in [4.69, 9.17) is 0 Å². The number of carbonyl (C=O) groups is 1. The van der Waals surface area contributed by atoms with Gasteiger partial charge in [0.15, 0.2) is 5.96 Å². The minimum Gasteiger partial charge on any atom is -0.357 e. The summed E-state index contributed by atoms with van der Waals surface area (Å²) in [6.07, 6.45) is 0. The zero-order valence-corrected chi connectivity index (χ0v) is 16.8. The van der Waals surface area contributed by atoms with E-state index in [0.717, 1.165) is 12.5 Å². The highest BCUT2D eigenvalue weighted by atomic mass is 127. The molecule has 1 rings (SSSR count). The molecule has 0 saturated heterocycles. The first kappa shape index (κ1) is 21.7. The molecule has 0 radical (unpaired) electrons. The standard InChI is InChI=1S/C17H28N4O.HI/c1-5-18-16(21-13-14-9-7-6-8-10-14)20-12-11-19-15(22)17(2,3)4;/h6-10H,5,11-13H2,1-4H3,(H,19,22)(H2,18,20,21);1H. The molecule has 0 aliphatic carbocycles. The predicted octanol–water partition coefficient (Wildman–Crippen LogP) is 2.52. The number of hydrogen-bond donors (Lipinski definition) is 3. The fourth-order valence-corrected chi connectivity index (χ4v) is 1.72. The molecule has 1 aromatic carbocycles. The maximum atomic E-state index is 11.8. The lowest BCUT2D eigenvalue weighted by atomic mass is 9.96. The second-order valence-electron chi connectivity index (χ2n) is 6.11. The number of benzene rings is 1. The summed E-state index contributed by atoms with van der Waals surface area (Å²) in [7, 11) is 0. The van der Waals surface area contributed by atoms with E-state index in [1.54, 1.807) is 0 Å². The summed E-state index contributed by atoms with van der Waals surface area (Å²) in [6, 6.07) is 10.1. The molecular weight excluding hydrogens is 403 g/mol. The monoisotopic (exact) mass is 432 g/mol. The zero-order valence-electron chi connectivity index (χ0n) is 14.5. The molecule has 5 nitrogen and oxygen atoms in total. The van der Waals surface area contributed by atoms with Gasteiger partial charge in [0.25, 0.3) is 0 Å². The summed E-state index contributed by atoms with van der Waals surface area (Å²) >= 11 is 0. The third kappa shape index (κ3) is 9.43. The highest BCUT2D eigenvalue weighted by molar-refractivity contribution is 14.0. The summed E-state index contributed by atoms with van der Waals surface area (Å²) in [5.74, 6) is 0.817. The number of rotatable bonds is 6. The maximum absolute atomic E-state index is 11.8. The minimum atomic E-state index is -0.355. The number of hydrogen-bond acceptors (Lipinski definition) is 2. The van der Waals surface area contributed by atoms with E-state index in [1.807, 2.05) is 45.9 Å². The molecule has 0 fully saturated rings. The molecule has 0 atom stereocenters. The molecule has 1 amide bonds. The summed E-state index contributed by atoms with van der Waals surface area (Å²) in [4.78, 5) is 16.3. The van der Waals surface area contributed by atoms with Crippen molar-refractivity contribution in [2.75, 3.05) is 19.6 Å². The van der Waals surface area contributed by atoms with Crippen LogP contribution >= 0.6 is 24.0 Å². The highest BCUT2D eigenvalue weighted by Gasteiger charge is 2.20. The van der Waals surface area contributed by atoms with Gasteiger partial charge in [-0.05, 0) is 12.5 Å². The van der Waals surface area contributed by atoms with E-state index in [9.17, 15) is 4.79 Å². The molecule has 0 aromatic heterocycles. The fourth-order valence-electron chi connectivity index (χ4n) is 1.72. The van der Waals surface area contributed by atoms with Crippen LogP contribution in [0.3, 0.4) is 0 Å². The molecule has 3 N–H and O–H groups in total. The van der Waals surface area contributed by atoms with E-state index in [0.29, 0.717) is 19.6 Å². The van der Waals surface area contributed by atoms with Crippen LogP contribution in [-0.4, -0.2) is 31.5 Å². The van der Waals surface area contributed by atoms with Gasteiger partial charge in [0, 0.05) is 25.0 Å². The Bertz CT molecular complexity index is 483. The largest absolute Gasteiger partial charge is 0.357 e. The number of halogens is 1. The summed E-state index contributed by atoms with van der Waals surface area (Å²) in [5, 5.41) is 9.33. The number of guanidine groups is 1. The maximum Gasteiger partial charge on any atom is 0.225 e. The minimum absolute atomic E-state index is 0. The van der Waals surface area contributed by atoms with Crippen LogP contribution in [0.1, 0.15) is 33.3 Å². The van der Waals surface area contributed by atoms with Crippen LogP contribution < -0.4 is 16.0 Å². The Morgan fingerprint density at radius 3 is 2.22 bits per heavy atom. The van der Waals surface area contributed by atoms with Gasteiger partial charge in [0.05, 0.1) is 6.54 Å². The van der Waals surface area contributed by atoms with Crippen molar-refractivity contribution in [1.82, 2.24) is 16.0 Å². The van der Waals surface area contributed by atoms with Crippen molar-refractivity contribution in [2.45, 2.75) is 34.2 Å². The molecule has 23 heavy (non-hydrogen) atoms. The van der Waals surface area contributed by atoms with Gasteiger partial charge in [-0.1, -0.05) is 51.1 Å². The number of amides is 1. The lowest BCUT2D eigenvalue weighted by molar-refractivity contribution is -0.128. The van der Waals surface area contributed by atoms with E-state index in [-0.39, 0.29) is 35.3 Å². The van der Waals surface area contributed by atoms with Crippen molar-refractivity contribution in [1.29, 1.82) is 0 Å². The van der Waals surface area contributed by atoms with E-state index < -0.39 is 0 Å². The second-order valence-corrected chi connectivity index (χ2v) is 6.11. The van der Waals surface area contributed by atoms with Crippen molar-refractivity contribution >= 4 is 35.8 Å². The molecule has 0 bridgehead atoms. The number of nitrogens with one attached hydrogen (secondary N) is 3. The second kappa shape index (κ2) is 11.3. The van der Waals surface area contributed by atoms with Gasteiger partial charge in [-0.15, -0.1) is 24.0 Å². The number of carbonyl (C=O) groups excluding carboxylic acids is 1. The lowest BCUT2D eigenvalue weighted by Crippen LogP contribution is -2.43. The smallest absolute Gasteiger partial charge is 0.225 e. The topological polar surface area (TPSA) is 65.5 Å². The first-order valence-corrected chi connectivity index (χ1v) is 7.78. The van der Waals surface area contributed by atoms with Crippen molar-refractivity contribution in [2.24, 2.45) is 10.4 Å². The highest BCUT2D eigenvalue weighted by Crippen LogP contribution is 2.11. The summed E-state index contributed by atoms with van der Waals surface area (Å²) < 4.78 is 0. The van der Waals surface area contributed by atoms with Gasteiger partial charge in [-0.2, -0.15) is 0 Å². The molecule has 0 spiro atoms. The van der Waals surface area contributed by atoms with E-state index >= 15 is 0 Å². The van der Waals surface area contributed by atoms with Gasteiger partial charge < -0.3 is 16.0 Å². The van der Waals surface area contributed by atoms with E-state index in [1.165, 1.54) is 5.56 Å². The zero-order chi connectivity index (χ0) is 16.4. The van der Waals surface area contributed by atoms with Crippen LogP contribution in [0.5, 0.6) is 0 Å². The Morgan fingerprint density at radius 2 is 1.65 bits per heavy atom. The van der Waals surface area contributed by atoms with Crippen LogP contribution in [0.2, 0.25) is 0 Å². The molecule has 0 aliphatic rings. The molecular formula is C17H29IN4O. The van der Waals surface area contributed by atoms with Crippen LogP contribution in [-0.2, 0) is 11.3 Å². The molecule has 6 heteroatoms.